The molecule has 1 aromatic heterocycles. The zero-order valence-corrected chi connectivity index (χ0v) is 18.0. The van der Waals surface area contributed by atoms with Gasteiger partial charge in [-0.3, -0.25) is 0 Å². The number of benzene rings is 1. The van der Waals surface area contributed by atoms with E-state index in [-0.39, 0.29) is 4.47 Å². The highest BCUT2D eigenvalue weighted by molar-refractivity contribution is 9.10. The van der Waals surface area contributed by atoms with Gasteiger partial charge >= 0.3 is 0 Å². The summed E-state index contributed by atoms with van der Waals surface area (Å²) in [6.07, 6.45) is 4.53. The minimum Gasteiger partial charge on any atom is -0.356 e. The molecule has 0 N–H and O–H groups in total. The van der Waals surface area contributed by atoms with Gasteiger partial charge in [0, 0.05) is 37.6 Å². The Morgan fingerprint density at radius 2 is 1.89 bits per heavy atom. The molecule has 2 fully saturated rings. The topological polar surface area (TPSA) is 35.5 Å². The highest BCUT2D eigenvalue weighted by atomic mass is 79.9. The van der Waals surface area contributed by atoms with E-state index in [1.165, 1.54) is 6.42 Å². The predicted molar refractivity (Wildman–Crippen MR) is 113 cm³/mol. The lowest BCUT2D eigenvalue weighted by molar-refractivity contribution is 0.315. The van der Waals surface area contributed by atoms with E-state index in [1.54, 1.807) is 6.07 Å². The Balaban J connectivity index is 1.83. The van der Waals surface area contributed by atoms with Gasteiger partial charge in [-0.05, 0) is 61.8 Å². The maximum atomic E-state index is 15.0. The number of hydrogen-bond acceptors (Lipinski definition) is 5. The molecular weight excluding hydrogens is 433 g/mol. The van der Waals surface area contributed by atoms with Crippen LogP contribution in [0, 0.1) is 5.82 Å². The Hall–Kier alpha value is -1.18. The van der Waals surface area contributed by atoms with Crippen LogP contribution in [0.25, 0.3) is 10.9 Å². The van der Waals surface area contributed by atoms with E-state index < -0.39 is 5.82 Å². The second-order valence-electron chi connectivity index (χ2n) is 7.63. The van der Waals surface area contributed by atoms with Crippen LogP contribution in [0.1, 0.15) is 25.7 Å². The third kappa shape index (κ3) is 3.61. The van der Waals surface area contributed by atoms with Crippen LogP contribution >= 0.6 is 27.5 Å². The Bertz CT molecular complexity index is 856. The SMILES string of the molecule is CN(C)C1CCN(c2nc(N3CCCCC3)c3cc(Cl)c(Br)c(F)c3n2)C1. The molecule has 5 nitrogen and oxygen atoms in total. The van der Waals surface area contributed by atoms with Crippen molar-refractivity contribution in [3.8, 4) is 0 Å². The van der Waals surface area contributed by atoms with Crippen LogP contribution < -0.4 is 9.80 Å². The third-order valence-corrected chi connectivity index (χ3v) is 6.93. The molecule has 2 aromatic rings. The largest absolute Gasteiger partial charge is 0.356 e. The molecule has 27 heavy (non-hydrogen) atoms. The van der Waals surface area contributed by atoms with E-state index in [9.17, 15) is 0 Å². The maximum absolute atomic E-state index is 15.0. The van der Waals surface area contributed by atoms with Gasteiger partial charge in [-0.1, -0.05) is 11.6 Å². The Morgan fingerprint density at radius 1 is 1.15 bits per heavy atom. The normalized spacial score (nSPS) is 20.9. The van der Waals surface area contributed by atoms with E-state index in [0.717, 1.165) is 51.3 Å². The van der Waals surface area contributed by atoms with Crippen LogP contribution in [0.4, 0.5) is 16.2 Å². The van der Waals surface area contributed by atoms with Crippen molar-refractivity contribution in [3.63, 3.8) is 0 Å². The van der Waals surface area contributed by atoms with Gasteiger partial charge < -0.3 is 14.7 Å². The first-order chi connectivity index (χ1) is 13.0. The van der Waals surface area contributed by atoms with Crippen molar-refractivity contribution in [1.29, 1.82) is 0 Å². The van der Waals surface area contributed by atoms with Crippen molar-refractivity contribution in [1.82, 2.24) is 14.9 Å². The van der Waals surface area contributed by atoms with Gasteiger partial charge in [0.25, 0.3) is 0 Å². The van der Waals surface area contributed by atoms with Gasteiger partial charge in [0.15, 0.2) is 5.82 Å². The Morgan fingerprint density at radius 3 is 2.56 bits per heavy atom. The molecule has 2 saturated heterocycles. The molecule has 1 atom stereocenters. The fraction of sp³-hybridized carbons (Fsp3) is 0.579. The number of piperidine rings is 1. The van der Waals surface area contributed by atoms with E-state index in [1.807, 2.05) is 0 Å². The van der Waals surface area contributed by atoms with Crippen molar-refractivity contribution in [2.24, 2.45) is 0 Å². The first-order valence-corrected chi connectivity index (χ1v) is 10.6. The molecule has 0 spiro atoms. The van der Waals surface area contributed by atoms with Gasteiger partial charge in [0.1, 0.15) is 11.3 Å². The minimum absolute atomic E-state index is 0.263. The zero-order valence-electron chi connectivity index (χ0n) is 15.7. The smallest absolute Gasteiger partial charge is 0.228 e. The molecule has 0 aliphatic carbocycles. The minimum atomic E-state index is -0.414. The molecule has 146 valence electrons. The average molecular weight is 457 g/mol. The first-order valence-electron chi connectivity index (χ1n) is 9.47. The van der Waals surface area contributed by atoms with Crippen molar-refractivity contribution in [2.45, 2.75) is 31.7 Å². The van der Waals surface area contributed by atoms with Crippen LogP contribution in [0.15, 0.2) is 10.5 Å². The number of anilines is 2. The molecule has 0 saturated carbocycles. The number of halogens is 3. The van der Waals surface area contributed by atoms with Crippen LogP contribution in [-0.4, -0.2) is 61.2 Å². The van der Waals surface area contributed by atoms with Crippen molar-refractivity contribution in [3.05, 3.63) is 21.4 Å². The van der Waals surface area contributed by atoms with E-state index >= 15 is 4.39 Å². The summed E-state index contributed by atoms with van der Waals surface area (Å²) in [5.41, 5.74) is 0.338. The molecular formula is C19H24BrClFN5. The molecule has 0 bridgehead atoms. The molecule has 0 amide bonds. The number of hydrogen-bond donors (Lipinski definition) is 0. The van der Waals surface area contributed by atoms with E-state index in [2.05, 4.69) is 49.7 Å². The highest BCUT2D eigenvalue weighted by Gasteiger charge is 2.28. The van der Waals surface area contributed by atoms with Crippen LogP contribution in [0.2, 0.25) is 5.02 Å². The molecule has 0 radical (unpaired) electrons. The number of aromatic nitrogens is 2. The molecule has 3 heterocycles. The summed E-state index contributed by atoms with van der Waals surface area (Å²) < 4.78 is 15.3. The lowest BCUT2D eigenvalue weighted by Crippen LogP contribution is -2.33. The summed E-state index contributed by atoms with van der Waals surface area (Å²) in [7, 11) is 4.18. The summed E-state index contributed by atoms with van der Waals surface area (Å²) in [5.74, 6) is 1.000. The van der Waals surface area contributed by atoms with Crippen molar-refractivity contribution >= 4 is 50.2 Å². The fourth-order valence-electron chi connectivity index (χ4n) is 3.98. The molecule has 2 aliphatic rings. The van der Waals surface area contributed by atoms with Gasteiger partial charge in [0.05, 0.1) is 9.50 Å². The number of likely N-dealkylation sites (N-methyl/N-ethyl adjacent to an activating group) is 1. The Labute approximate surface area is 172 Å². The predicted octanol–water partition coefficient (Wildman–Crippen LogP) is 4.32. The van der Waals surface area contributed by atoms with Crippen LogP contribution in [-0.2, 0) is 0 Å². The lowest BCUT2D eigenvalue weighted by Gasteiger charge is -2.30. The second-order valence-corrected chi connectivity index (χ2v) is 8.83. The van der Waals surface area contributed by atoms with Crippen LogP contribution in [0.5, 0.6) is 0 Å². The van der Waals surface area contributed by atoms with Crippen molar-refractivity contribution in [2.75, 3.05) is 50.1 Å². The van der Waals surface area contributed by atoms with Gasteiger partial charge in [-0.25, -0.2) is 9.37 Å². The summed E-state index contributed by atoms with van der Waals surface area (Å²) in [6, 6.07) is 2.24. The average Bonchev–Trinajstić information content (AvgIpc) is 3.17. The molecule has 8 heteroatoms. The summed E-state index contributed by atoms with van der Waals surface area (Å²) in [5, 5.41) is 1.04. The standard InChI is InChI=1S/C19H24BrClFN5/c1-25(2)12-6-9-27(11-12)19-23-17-13(10-14(21)15(20)16(17)22)18(24-19)26-7-4-3-5-8-26/h10,12H,3-9,11H2,1-2H3. The van der Waals surface area contributed by atoms with Crippen molar-refractivity contribution < 1.29 is 4.39 Å². The van der Waals surface area contributed by atoms with E-state index in [4.69, 9.17) is 16.6 Å². The molecule has 1 aromatic carbocycles. The fourth-order valence-corrected chi connectivity index (χ4v) is 4.47. The lowest BCUT2D eigenvalue weighted by atomic mass is 10.1. The molecule has 4 rings (SSSR count). The number of nitrogens with zero attached hydrogens (tertiary/aromatic N) is 5. The monoisotopic (exact) mass is 455 g/mol. The number of fused-ring (bicyclic) bond motifs is 1. The molecule has 1 unspecified atom stereocenters. The van der Waals surface area contributed by atoms with Gasteiger partial charge in [-0.2, -0.15) is 4.98 Å². The van der Waals surface area contributed by atoms with Gasteiger partial charge in [0.2, 0.25) is 5.95 Å². The summed E-state index contributed by atoms with van der Waals surface area (Å²) in [6.45, 7) is 3.60. The first kappa shape index (κ1) is 19.2. The summed E-state index contributed by atoms with van der Waals surface area (Å²) >= 11 is 9.50. The maximum Gasteiger partial charge on any atom is 0.228 e. The number of rotatable bonds is 3. The van der Waals surface area contributed by atoms with Gasteiger partial charge in [-0.15, -0.1) is 0 Å². The quantitative estimate of drug-likeness (QED) is 0.643. The second kappa shape index (κ2) is 7.68. The highest BCUT2D eigenvalue weighted by Crippen LogP contribution is 2.37. The Kier molecular flexibility index (Phi) is 5.45. The zero-order chi connectivity index (χ0) is 19.1. The van der Waals surface area contributed by atoms with E-state index in [0.29, 0.717) is 27.9 Å². The summed E-state index contributed by atoms with van der Waals surface area (Å²) in [4.78, 5) is 16.1. The third-order valence-electron chi connectivity index (χ3n) is 5.63. The van der Waals surface area contributed by atoms with Crippen LogP contribution in [0.3, 0.4) is 0 Å². The molecule has 2 aliphatic heterocycles.